The molecular formula is C52H33N5S. The van der Waals surface area contributed by atoms with Gasteiger partial charge in [-0.25, -0.2) is 0 Å². The molecule has 5 heterocycles. The van der Waals surface area contributed by atoms with Crippen molar-refractivity contribution < 1.29 is 0 Å². The molecule has 0 amide bonds. The maximum Gasteiger partial charge on any atom is 0.0620 e. The van der Waals surface area contributed by atoms with Crippen LogP contribution in [0.1, 0.15) is 0 Å². The van der Waals surface area contributed by atoms with Crippen LogP contribution in [0.15, 0.2) is 201 Å². The third-order valence-electron chi connectivity index (χ3n) is 11.4. The Bertz CT molecular complexity index is 3360. The number of aromatic nitrogens is 3. The minimum absolute atomic E-state index is 1.05. The van der Waals surface area contributed by atoms with Gasteiger partial charge >= 0.3 is 0 Å². The van der Waals surface area contributed by atoms with Crippen molar-refractivity contribution in [3.8, 4) is 11.1 Å². The lowest BCUT2D eigenvalue weighted by molar-refractivity contribution is 1.24. The van der Waals surface area contributed by atoms with E-state index in [1.807, 2.05) is 36.1 Å². The normalized spacial score (nSPS) is 11.8. The molecule has 0 N–H and O–H groups in total. The van der Waals surface area contributed by atoms with E-state index < -0.39 is 0 Å². The van der Waals surface area contributed by atoms with E-state index in [4.69, 9.17) is 0 Å². The molecule has 0 aliphatic heterocycles. The molecule has 0 saturated carbocycles. The topological polar surface area (TPSA) is 36.7 Å². The highest BCUT2D eigenvalue weighted by atomic mass is 32.1. The molecule has 0 fully saturated rings. The lowest BCUT2D eigenvalue weighted by Crippen LogP contribution is -2.10. The van der Waals surface area contributed by atoms with Crippen LogP contribution in [0.4, 0.5) is 34.1 Å². The summed E-state index contributed by atoms with van der Waals surface area (Å²) in [5.74, 6) is 0. The Balaban J connectivity index is 1.29. The van der Waals surface area contributed by atoms with E-state index in [1.165, 1.54) is 69.4 Å². The minimum Gasteiger partial charge on any atom is -0.310 e. The standard InChI is InChI=1S/C52H33N5S/c1-4-12-34(13-5-1)35-28-44-42-18-10-11-19-46(42)57-47-31-41(56(37-16-8-3-9-17-37)39-22-26-54-27-23-39)33-49-51(47)50-43(45(29-35)52(44)57)30-40(32-48(50)58-49)55(36-14-6-2-7-15-36)38-20-24-53-25-21-38/h1-33H. The fourth-order valence-corrected chi connectivity index (χ4v) is 10.2. The van der Waals surface area contributed by atoms with Crippen LogP contribution in [0.2, 0.25) is 0 Å². The van der Waals surface area contributed by atoms with E-state index in [2.05, 4.69) is 200 Å². The first kappa shape index (κ1) is 32.7. The van der Waals surface area contributed by atoms with Crippen molar-refractivity contribution >= 4 is 104 Å². The molecular weight excluding hydrogens is 727 g/mol. The molecule has 0 atom stereocenters. The van der Waals surface area contributed by atoms with Crippen LogP contribution in [-0.4, -0.2) is 14.4 Å². The zero-order chi connectivity index (χ0) is 38.2. The second-order valence-corrected chi connectivity index (χ2v) is 15.8. The molecule has 7 aromatic carbocycles. The van der Waals surface area contributed by atoms with Crippen molar-refractivity contribution in [2.75, 3.05) is 9.80 Å². The second kappa shape index (κ2) is 13.0. The van der Waals surface area contributed by atoms with Crippen molar-refractivity contribution in [3.05, 3.63) is 201 Å². The summed E-state index contributed by atoms with van der Waals surface area (Å²) in [5.41, 5.74) is 12.4. The van der Waals surface area contributed by atoms with Crippen LogP contribution in [-0.2, 0) is 0 Å². The highest BCUT2D eigenvalue weighted by Gasteiger charge is 2.25. The maximum absolute atomic E-state index is 4.39. The molecule has 0 aliphatic carbocycles. The largest absolute Gasteiger partial charge is 0.310 e. The molecule has 6 heteroatoms. The first-order valence-corrected chi connectivity index (χ1v) is 20.3. The summed E-state index contributed by atoms with van der Waals surface area (Å²) in [7, 11) is 0. The monoisotopic (exact) mass is 759 g/mol. The molecule has 0 bridgehead atoms. The van der Waals surface area contributed by atoms with E-state index >= 15 is 0 Å². The Morgan fingerprint density at radius 1 is 0.362 bits per heavy atom. The van der Waals surface area contributed by atoms with Crippen molar-refractivity contribution in [2.45, 2.75) is 0 Å². The van der Waals surface area contributed by atoms with E-state index in [9.17, 15) is 0 Å². The quantitative estimate of drug-likeness (QED) is 0.162. The first-order chi connectivity index (χ1) is 28.8. The van der Waals surface area contributed by atoms with E-state index in [0.717, 1.165) is 34.1 Å². The van der Waals surface area contributed by atoms with E-state index in [-0.39, 0.29) is 0 Å². The number of fused-ring (bicyclic) bond motifs is 5. The van der Waals surface area contributed by atoms with Gasteiger partial charge in [0.15, 0.2) is 0 Å². The zero-order valence-electron chi connectivity index (χ0n) is 31.2. The molecule has 5 nitrogen and oxygen atoms in total. The van der Waals surface area contributed by atoms with E-state index in [0.29, 0.717) is 0 Å². The molecule has 0 radical (unpaired) electrons. The van der Waals surface area contributed by atoms with Gasteiger partial charge in [-0.05, 0) is 108 Å². The summed E-state index contributed by atoms with van der Waals surface area (Å²) >= 11 is 1.86. The lowest BCUT2D eigenvalue weighted by atomic mass is 9.97. The van der Waals surface area contributed by atoms with Gasteiger partial charge < -0.3 is 14.2 Å². The highest BCUT2D eigenvalue weighted by Crippen LogP contribution is 2.51. The molecule has 58 heavy (non-hydrogen) atoms. The fourth-order valence-electron chi connectivity index (χ4n) is 9.01. The Hall–Kier alpha value is -7.54. The van der Waals surface area contributed by atoms with Gasteiger partial charge in [-0.3, -0.25) is 9.97 Å². The molecule has 0 spiro atoms. The number of nitrogens with zero attached hydrogens (tertiary/aromatic N) is 5. The van der Waals surface area contributed by atoms with Crippen molar-refractivity contribution in [2.24, 2.45) is 0 Å². The van der Waals surface area contributed by atoms with Crippen molar-refractivity contribution in [1.82, 2.24) is 14.4 Å². The maximum atomic E-state index is 4.39. The zero-order valence-corrected chi connectivity index (χ0v) is 32.0. The molecule has 0 aliphatic rings. The van der Waals surface area contributed by atoms with Crippen LogP contribution in [0.3, 0.4) is 0 Å². The number of thiophene rings is 1. The first-order valence-electron chi connectivity index (χ1n) is 19.5. The summed E-state index contributed by atoms with van der Waals surface area (Å²) in [6.07, 6.45) is 7.49. The Kier molecular flexibility index (Phi) is 7.33. The number of hydrogen-bond acceptors (Lipinski definition) is 5. The van der Waals surface area contributed by atoms with Crippen molar-refractivity contribution in [3.63, 3.8) is 0 Å². The van der Waals surface area contributed by atoms with Crippen LogP contribution < -0.4 is 9.80 Å². The summed E-state index contributed by atoms with van der Waals surface area (Å²) in [5, 5.41) is 7.46. The van der Waals surface area contributed by atoms with Crippen LogP contribution in [0, 0.1) is 0 Å². The van der Waals surface area contributed by atoms with Gasteiger partial charge in [0, 0.05) is 95.2 Å². The smallest absolute Gasteiger partial charge is 0.0620 e. The van der Waals surface area contributed by atoms with Gasteiger partial charge in [-0.1, -0.05) is 84.9 Å². The number of anilines is 6. The van der Waals surface area contributed by atoms with Crippen LogP contribution in [0.25, 0.3) is 69.4 Å². The highest BCUT2D eigenvalue weighted by molar-refractivity contribution is 7.26. The van der Waals surface area contributed by atoms with Gasteiger partial charge in [0.2, 0.25) is 0 Å². The molecule has 5 aromatic heterocycles. The Labute approximate surface area is 338 Å². The third-order valence-corrected chi connectivity index (χ3v) is 12.5. The molecule has 12 rings (SSSR count). The molecule has 272 valence electrons. The van der Waals surface area contributed by atoms with Crippen LogP contribution in [0.5, 0.6) is 0 Å². The fraction of sp³-hybridized carbons (Fsp3) is 0. The number of pyridine rings is 2. The number of rotatable bonds is 7. The predicted molar refractivity (Wildman–Crippen MR) is 244 cm³/mol. The Morgan fingerprint density at radius 3 is 1.48 bits per heavy atom. The minimum atomic E-state index is 1.05. The van der Waals surface area contributed by atoms with Crippen molar-refractivity contribution in [1.29, 1.82) is 0 Å². The van der Waals surface area contributed by atoms with Gasteiger partial charge in [0.25, 0.3) is 0 Å². The SMILES string of the molecule is c1ccc(-c2cc3c4cc(N(c5ccccc5)c5ccncc5)cc5sc6cc(N(c7ccccc7)c7ccncc7)cc(c6c54)n4c5ccccc5c(c2)c34)cc1. The second-order valence-electron chi connectivity index (χ2n) is 14.7. The summed E-state index contributed by atoms with van der Waals surface area (Å²) in [6, 6.07) is 63.8. The average molecular weight is 760 g/mol. The van der Waals surface area contributed by atoms with Gasteiger partial charge in [0.1, 0.15) is 0 Å². The predicted octanol–water partition coefficient (Wildman–Crippen LogP) is 14.6. The van der Waals surface area contributed by atoms with Crippen LogP contribution >= 0.6 is 11.3 Å². The van der Waals surface area contributed by atoms with Gasteiger partial charge in [-0.2, -0.15) is 0 Å². The molecule has 0 unspecified atom stereocenters. The number of hydrogen-bond donors (Lipinski definition) is 0. The molecule has 0 saturated heterocycles. The summed E-state index contributed by atoms with van der Waals surface area (Å²) < 4.78 is 5.01. The van der Waals surface area contributed by atoms with Gasteiger partial charge in [0.05, 0.1) is 16.6 Å². The van der Waals surface area contributed by atoms with E-state index in [1.54, 1.807) is 0 Å². The number of para-hydroxylation sites is 3. The van der Waals surface area contributed by atoms with Gasteiger partial charge in [-0.15, -0.1) is 11.3 Å². The third kappa shape index (κ3) is 5.02. The summed E-state index contributed by atoms with van der Waals surface area (Å²) in [4.78, 5) is 13.5. The summed E-state index contributed by atoms with van der Waals surface area (Å²) in [6.45, 7) is 0. The lowest BCUT2D eigenvalue weighted by Gasteiger charge is -2.25. The Morgan fingerprint density at radius 2 is 0.862 bits per heavy atom. The molecule has 12 aromatic rings. The average Bonchev–Trinajstić information content (AvgIpc) is 3.79. The number of benzene rings is 7.